The summed E-state index contributed by atoms with van der Waals surface area (Å²) >= 11 is 5.18. The average Bonchev–Trinajstić information content (AvgIpc) is 1.87. The minimum Gasteiger partial charge on any atom is -0.396 e. The number of ketones is 2. The second-order valence-corrected chi connectivity index (χ2v) is 2.69. The molecular formula is C8H15ClO3. The zero-order valence-corrected chi connectivity index (χ0v) is 8.23. The van der Waals surface area contributed by atoms with Gasteiger partial charge in [0.25, 0.3) is 0 Å². The van der Waals surface area contributed by atoms with E-state index < -0.39 is 0 Å². The number of hydrogen-bond donors (Lipinski definition) is 1. The molecule has 0 aliphatic rings. The summed E-state index contributed by atoms with van der Waals surface area (Å²) in [6.45, 7) is 2.97. The van der Waals surface area contributed by atoms with E-state index in [0.29, 0.717) is 18.7 Å². The predicted octanol–water partition coefficient (Wildman–Crippen LogP) is 1.16. The fourth-order valence-corrected chi connectivity index (χ4v) is 0.557. The van der Waals surface area contributed by atoms with Crippen LogP contribution in [0.3, 0.4) is 0 Å². The highest BCUT2D eigenvalue weighted by Crippen LogP contribution is 1.82. The van der Waals surface area contributed by atoms with Gasteiger partial charge in [0.1, 0.15) is 11.6 Å². The third-order valence-corrected chi connectivity index (χ3v) is 1.10. The maximum atomic E-state index is 9.96. The average molecular weight is 195 g/mol. The maximum absolute atomic E-state index is 9.96. The minimum absolute atomic E-state index is 0.0185. The van der Waals surface area contributed by atoms with Crippen LogP contribution >= 0.6 is 11.6 Å². The van der Waals surface area contributed by atoms with E-state index in [0.717, 1.165) is 0 Å². The summed E-state index contributed by atoms with van der Waals surface area (Å²) in [5.74, 6) is 0.650. The molecule has 0 rings (SSSR count). The Bertz CT molecular complexity index is 118. The van der Waals surface area contributed by atoms with Gasteiger partial charge in [0, 0.05) is 25.3 Å². The first-order valence-corrected chi connectivity index (χ1v) is 4.23. The molecule has 3 nitrogen and oxygen atoms in total. The van der Waals surface area contributed by atoms with Crippen molar-refractivity contribution in [1.29, 1.82) is 0 Å². The van der Waals surface area contributed by atoms with Crippen LogP contribution in [0.15, 0.2) is 0 Å². The Kier molecular flexibility index (Phi) is 12.5. The third-order valence-electron chi connectivity index (χ3n) is 0.910. The number of carbonyl (C=O) groups is 2. The van der Waals surface area contributed by atoms with Crippen LogP contribution < -0.4 is 0 Å². The molecule has 0 aromatic carbocycles. The molecule has 12 heavy (non-hydrogen) atoms. The second kappa shape index (κ2) is 10.6. The zero-order chi connectivity index (χ0) is 9.98. The highest BCUT2D eigenvalue weighted by atomic mass is 35.5. The summed E-state index contributed by atoms with van der Waals surface area (Å²) < 4.78 is 0. The van der Waals surface area contributed by atoms with Crippen molar-refractivity contribution in [3.05, 3.63) is 0 Å². The number of carbonyl (C=O) groups excluding carboxylic acids is 2. The van der Waals surface area contributed by atoms with Crippen molar-refractivity contribution in [2.45, 2.75) is 26.7 Å². The molecule has 72 valence electrons. The molecule has 1 N–H and O–H groups in total. The van der Waals surface area contributed by atoms with Gasteiger partial charge in [-0.2, -0.15) is 0 Å². The lowest BCUT2D eigenvalue weighted by molar-refractivity contribution is -0.118. The van der Waals surface area contributed by atoms with Crippen LogP contribution in [0.4, 0.5) is 0 Å². The first-order valence-electron chi connectivity index (χ1n) is 3.70. The SMILES string of the molecule is CC(=O)CCCl.CC(=O)CCO. The molecule has 0 aliphatic carbocycles. The van der Waals surface area contributed by atoms with Crippen molar-refractivity contribution >= 4 is 23.2 Å². The molecular weight excluding hydrogens is 180 g/mol. The quantitative estimate of drug-likeness (QED) is 0.684. The lowest BCUT2D eigenvalue weighted by Gasteiger charge is -1.80. The molecule has 0 bridgehead atoms. The van der Waals surface area contributed by atoms with E-state index in [1.807, 2.05) is 0 Å². The Morgan fingerprint density at radius 3 is 1.58 bits per heavy atom. The molecule has 0 heterocycles. The molecule has 0 unspecified atom stereocenters. The molecule has 0 radical (unpaired) electrons. The summed E-state index contributed by atoms with van der Waals surface area (Å²) in [7, 11) is 0. The standard InChI is InChI=1S/C4H7ClO.C4H8O2/c2*1-4(6)2-3-5/h2-3H2,1H3;5H,2-3H2,1H3. The Morgan fingerprint density at radius 1 is 1.17 bits per heavy atom. The number of Topliss-reactive ketones (excluding diaryl/α,β-unsaturated/α-hetero) is 2. The van der Waals surface area contributed by atoms with Crippen molar-refractivity contribution in [3.63, 3.8) is 0 Å². The number of aliphatic hydroxyl groups is 1. The fourth-order valence-electron chi connectivity index (χ4n) is 0.291. The van der Waals surface area contributed by atoms with Gasteiger partial charge in [0.15, 0.2) is 0 Å². The number of aliphatic hydroxyl groups excluding tert-OH is 1. The van der Waals surface area contributed by atoms with E-state index >= 15 is 0 Å². The zero-order valence-electron chi connectivity index (χ0n) is 7.47. The van der Waals surface area contributed by atoms with Crippen molar-refractivity contribution in [2.75, 3.05) is 12.5 Å². The van der Waals surface area contributed by atoms with E-state index in [9.17, 15) is 9.59 Å². The molecule has 0 aromatic heterocycles. The van der Waals surface area contributed by atoms with E-state index in [1.165, 1.54) is 13.8 Å². The summed E-state index contributed by atoms with van der Waals surface area (Å²) in [5, 5.41) is 8.02. The number of alkyl halides is 1. The molecule has 0 spiro atoms. The van der Waals surface area contributed by atoms with Crippen molar-refractivity contribution in [1.82, 2.24) is 0 Å². The number of hydrogen-bond acceptors (Lipinski definition) is 3. The summed E-state index contributed by atoms with van der Waals surface area (Å²) in [6, 6.07) is 0. The number of rotatable bonds is 4. The lowest BCUT2D eigenvalue weighted by atomic mass is 10.3. The molecule has 0 aromatic rings. The van der Waals surface area contributed by atoms with Crippen LogP contribution in [0.2, 0.25) is 0 Å². The topological polar surface area (TPSA) is 54.4 Å². The van der Waals surface area contributed by atoms with Gasteiger partial charge in [-0.15, -0.1) is 11.6 Å². The van der Waals surface area contributed by atoms with Crippen LogP contribution in [0.5, 0.6) is 0 Å². The second-order valence-electron chi connectivity index (χ2n) is 2.32. The first-order chi connectivity index (χ1) is 5.54. The Balaban J connectivity index is 0. The highest BCUT2D eigenvalue weighted by Gasteiger charge is 1.85. The third kappa shape index (κ3) is 22.6. The van der Waals surface area contributed by atoms with Gasteiger partial charge < -0.3 is 5.11 Å². The van der Waals surface area contributed by atoms with Crippen LogP contribution in [-0.2, 0) is 9.59 Å². The Hall–Kier alpha value is -0.410. The van der Waals surface area contributed by atoms with Crippen LogP contribution in [0, 0.1) is 0 Å². The van der Waals surface area contributed by atoms with E-state index in [4.69, 9.17) is 16.7 Å². The summed E-state index contributed by atoms with van der Waals surface area (Å²) in [6.07, 6.45) is 0.793. The van der Waals surface area contributed by atoms with Crippen molar-refractivity contribution < 1.29 is 14.7 Å². The highest BCUT2D eigenvalue weighted by molar-refractivity contribution is 6.18. The van der Waals surface area contributed by atoms with E-state index in [2.05, 4.69) is 0 Å². The van der Waals surface area contributed by atoms with Gasteiger partial charge >= 0.3 is 0 Å². The van der Waals surface area contributed by atoms with Gasteiger partial charge in [0.05, 0.1) is 0 Å². The molecule has 0 fully saturated rings. The Labute approximate surface area is 77.7 Å². The lowest BCUT2D eigenvalue weighted by Crippen LogP contribution is -1.92. The normalized spacial score (nSPS) is 8.33. The van der Waals surface area contributed by atoms with Gasteiger partial charge in [-0.3, -0.25) is 9.59 Å². The molecule has 4 heteroatoms. The largest absolute Gasteiger partial charge is 0.396 e. The molecule has 0 atom stereocenters. The molecule has 0 aliphatic heterocycles. The van der Waals surface area contributed by atoms with Crippen LogP contribution in [-0.4, -0.2) is 29.2 Å². The monoisotopic (exact) mass is 194 g/mol. The molecule has 0 amide bonds. The minimum atomic E-state index is -0.0185. The van der Waals surface area contributed by atoms with Crippen molar-refractivity contribution in [3.8, 4) is 0 Å². The first kappa shape index (κ1) is 14.1. The van der Waals surface area contributed by atoms with Gasteiger partial charge in [0.2, 0.25) is 0 Å². The molecule has 0 saturated carbocycles. The van der Waals surface area contributed by atoms with E-state index in [-0.39, 0.29) is 18.2 Å². The van der Waals surface area contributed by atoms with Gasteiger partial charge in [-0.25, -0.2) is 0 Å². The van der Waals surface area contributed by atoms with Gasteiger partial charge in [-0.05, 0) is 13.8 Å². The summed E-state index contributed by atoms with van der Waals surface area (Å²) in [4.78, 5) is 19.8. The summed E-state index contributed by atoms with van der Waals surface area (Å²) in [5.41, 5.74) is 0. The van der Waals surface area contributed by atoms with Crippen molar-refractivity contribution in [2.24, 2.45) is 0 Å². The maximum Gasteiger partial charge on any atom is 0.132 e. The van der Waals surface area contributed by atoms with Crippen LogP contribution in [0.1, 0.15) is 26.7 Å². The fraction of sp³-hybridized carbons (Fsp3) is 0.750. The number of halogens is 1. The van der Waals surface area contributed by atoms with E-state index in [1.54, 1.807) is 0 Å². The predicted molar refractivity (Wildman–Crippen MR) is 48.4 cm³/mol. The smallest absolute Gasteiger partial charge is 0.132 e. The Morgan fingerprint density at radius 2 is 1.58 bits per heavy atom. The molecule has 0 saturated heterocycles. The van der Waals surface area contributed by atoms with Crippen LogP contribution in [0.25, 0.3) is 0 Å². The van der Waals surface area contributed by atoms with Gasteiger partial charge in [-0.1, -0.05) is 0 Å².